The predicted octanol–water partition coefficient (Wildman–Crippen LogP) is 12.1. The summed E-state index contributed by atoms with van der Waals surface area (Å²) in [7, 11) is 0. The Balaban J connectivity index is 0. The predicted molar refractivity (Wildman–Crippen MR) is 289 cm³/mol. The van der Waals surface area contributed by atoms with Crippen LogP contribution >= 0.6 is 0 Å². The van der Waals surface area contributed by atoms with Gasteiger partial charge in [-0.3, -0.25) is 9.59 Å². The van der Waals surface area contributed by atoms with Crippen molar-refractivity contribution in [1.29, 1.82) is 0 Å². The second-order valence-electron chi connectivity index (χ2n) is 21.1. The van der Waals surface area contributed by atoms with Crippen LogP contribution in [0, 0.1) is 0 Å². The Morgan fingerprint density at radius 2 is 0.690 bits per heavy atom. The lowest BCUT2D eigenvalue weighted by Crippen LogP contribution is -2.58. The molecule has 5 unspecified atom stereocenters. The minimum absolute atomic E-state index is 0.108. The van der Waals surface area contributed by atoms with E-state index in [0.717, 1.165) is 128 Å². The van der Waals surface area contributed by atoms with Crippen molar-refractivity contribution in [1.82, 2.24) is 5.32 Å². The molecule has 0 aromatic heterocycles. The van der Waals surface area contributed by atoms with E-state index < -0.39 is 49.5 Å². The van der Waals surface area contributed by atoms with Gasteiger partial charge in [0, 0.05) is 12.8 Å². The summed E-state index contributed by atoms with van der Waals surface area (Å²) in [4.78, 5) is 35.3. The molecule has 0 saturated carbocycles. The number of hydrogen-bond donors (Lipinski definition) is 9. The number of rotatable bonds is 53. The van der Waals surface area contributed by atoms with Crippen LogP contribution in [0.3, 0.4) is 0 Å². The average Bonchev–Trinajstić information content (AvgIpc) is 3.35. The normalized spacial score (nSPS) is 13.8. The number of amides is 1. The van der Waals surface area contributed by atoms with E-state index in [0.29, 0.717) is 19.3 Å². The van der Waals surface area contributed by atoms with Gasteiger partial charge in [0.2, 0.25) is 5.91 Å². The SMILES string of the molecule is CCCCCCCCC(O)CCCCCCCCC(=O)NC(CO)(CO)COC(=O)C(O)C(O)CCCCCCC(O)CCCCCCCC.CCCCCCCCC(O)CCCCCCCCC(=O)O. The van der Waals surface area contributed by atoms with E-state index in [1.54, 1.807) is 0 Å². The quantitative estimate of drug-likeness (QED) is 0.0204. The number of nitrogens with one attached hydrogen (secondary N) is 1. The van der Waals surface area contributed by atoms with E-state index in [1.165, 1.54) is 116 Å². The summed E-state index contributed by atoms with van der Waals surface area (Å²) < 4.78 is 5.11. The minimum atomic E-state index is -1.77. The van der Waals surface area contributed by atoms with Crippen molar-refractivity contribution >= 4 is 17.8 Å². The Morgan fingerprint density at radius 3 is 1.00 bits per heavy atom. The zero-order valence-corrected chi connectivity index (χ0v) is 46.1. The number of carbonyl (C=O) groups excluding carboxylic acids is 2. The highest BCUT2D eigenvalue weighted by molar-refractivity contribution is 5.77. The minimum Gasteiger partial charge on any atom is -0.481 e. The third-order valence-electron chi connectivity index (χ3n) is 13.9. The molecule has 0 heterocycles. The highest BCUT2D eigenvalue weighted by Crippen LogP contribution is 2.19. The van der Waals surface area contributed by atoms with Gasteiger partial charge < -0.3 is 50.9 Å². The Bertz CT molecular complexity index is 1160. The molecule has 0 aliphatic carbocycles. The van der Waals surface area contributed by atoms with E-state index in [9.17, 15) is 50.1 Å². The first-order valence-electron chi connectivity index (χ1n) is 29.6. The van der Waals surface area contributed by atoms with Crippen LogP contribution < -0.4 is 5.32 Å². The summed E-state index contributed by atoms with van der Waals surface area (Å²) in [6.07, 6.45) is 39.8. The van der Waals surface area contributed by atoms with Crippen molar-refractivity contribution in [2.75, 3.05) is 19.8 Å². The maximum Gasteiger partial charge on any atom is 0.337 e. The van der Waals surface area contributed by atoms with Crippen LogP contribution in [0.1, 0.15) is 297 Å². The Morgan fingerprint density at radius 1 is 0.408 bits per heavy atom. The first kappa shape index (κ1) is 71.2. The lowest BCUT2D eigenvalue weighted by atomic mass is 10.0. The third kappa shape index (κ3) is 48.8. The van der Waals surface area contributed by atoms with E-state index in [-0.39, 0.29) is 37.1 Å². The number of aliphatic hydroxyl groups excluding tert-OH is 7. The fourth-order valence-corrected chi connectivity index (χ4v) is 8.96. The standard InChI is InChI=1S/C40H79NO9.C18H36O3/c1-3-5-7-9-13-19-25-34(44)27-21-15-11-12-16-24-30-37(47)41-40(31-42,32-43)33-50-39(49)38(48)36(46)29-23-18-17-22-28-35(45)26-20-14-10-8-6-4-2;1-2-3-4-5-8-11-14-17(19)15-12-9-6-7-10-13-16-18(20)21/h34-36,38,42-46,48H,3-33H2,1-2H3,(H,41,47);17,19H,2-16H2,1H3,(H,20,21). The largest absolute Gasteiger partial charge is 0.481 e. The number of unbranched alkanes of at least 4 members (excludes halogenated alkanes) is 28. The number of esters is 1. The van der Waals surface area contributed by atoms with Crippen LogP contribution in [-0.4, -0.2) is 115 Å². The fourth-order valence-electron chi connectivity index (χ4n) is 8.96. The van der Waals surface area contributed by atoms with Crippen molar-refractivity contribution in [3.8, 4) is 0 Å². The van der Waals surface area contributed by atoms with E-state index in [4.69, 9.17) is 9.84 Å². The van der Waals surface area contributed by atoms with Crippen LogP contribution in [0.5, 0.6) is 0 Å². The van der Waals surface area contributed by atoms with Gasteiger partial charge in [-0.25, -0.2) is 4.79 Å². The number of aliphatic hydroxyl groups is 7. The molecule has 0 radical (unpaired) electrons. The second-order valence-corrected chi connectivity index (χ2v) is 21.1. The number of carbonyl (C=O) groups is 3. The molecule has 5 atom stereocenters. The molecule has 0 fully saturated rings. The molecule has 9 N–H and O–H groups in total. The molecule has 13 nitrogen and oxygen atoms in total. The van der Waals surface area contributed by atoms with E-state index >= 15 is 0 Å². The summed E-state index contributed by atoms with van der Waals surface area (Å²) in [5, 5.41) is 81.7. The molecule has 0 bridgehead atoms. The maximum atomic E-state index is 12.5. The Hall–Kier alpha value is -1.87. The molecule has 71 heavy (non-hydrogen) atoms. The molecule has 13 heteroatoms. The molecule has 1 amide bonds. The monoisotopic (exact) mass is 1020 g/mol. The topological polar surface area (TPSA) is 234 Å². The van der Waals surface area contributed by atoms with Gasteiger partial charge >= 0.3 is 11.9 Å². The van der Waals surface area contributed by atoms with E-state index in [2.05, 4.69) is 26.1 Å². The highest BCUT2D eigenvalue weighted by Gasteiger charge is 2.34. The van der Waals surface area contributed by atoms with Crippen molar-refractivity contribution in [3.05, 3.63) is 0 Å². The molecule has 424 valence electrons. The van der Waals surface area contributed by atoms with Gasteiger partial charge in [-0.05, 0) is 57.8 Å². The molecular weight excluding hydrogens is 903 g/mol. The van der Waals surface area contributed by atoms with Gasteiger partial charge in [-0.2, -0.15) is 0 Å². The van der Waals surface area contributed by atoms with Gasteiger partial charge in [0.1, 0.15) is 12.1 Å². The van der Waals surface area contributed by atoms with Crippen molar-refractivity contribution < 1.29 is 60.0 Å². The Kier molecular flexibility index (Phi) is 53.1. The first-order chi connectivity index (χ1) is 34.3. The van der Waals surface area contributed by atoms with Crippen molar-refractivity contribution in [2.24, 2.45) is 0 Å². The molecule has 0 aliphatic heterocycles. The molecule has 0 spiro atoms. The van der Waals surface area contributed by atoms with Crippen LogP contribution in [0.2, 0.25) is 0 Å². The highest BCUT2D eigenvalue weighted by atomic mass is 16.6. The fraction of sp³-hybridized carbons (Fsp3) is 0.948. The number of ether oxygens (including phenoxy) is 1. The smallest absolute Gasteiger partial charge is 0.337 e. The van der Waals surface area contributed by atoms with Crippen LogP contribution in [0.15, 0.2) is 0 Å². The third-order valence-corrected chi connectivity index (χ3v) is 13.9. The zero-order chi connectivity index (χ0) is 53.1. The lowest BCUT2D eigenvalue weighted by molar-refractivity contribution is -0.164. The summed E-state index contributed by atoms with van der Waals surface area (Å²) in [5.74, 6) is -2.14. The van der Waals surface area contributed by atoms with Crippen LogP contribution in [0.4, 0.5) is 0 Å². The summed E-state index contributed by atoms with van der Waals surface area (Å²) in [6, 6.07) is 0. The molecule has 0 saturated heterocycles. The zero-order valence-electron chi connectivity index (χ0n) is 46.1. The average molecular weight is 1020 g/mol. The van der Waals surface area contributed by atoms with Gasteiger partial charge in [-0.1, -0.05) is 226 Å². The summed E-state index contributed by atoms with van der Waals surface area (Å²) in [6.45, 7) is 4.77. The van der Waals surface area contributed by atoms with Gasteiger partial charge in [-0.15, -0.1) is 0 Å². The van der Waals surface area contributed by atoms with Crippen molar-refractivity contribution in [3.63, 3.8) is 0 Å². The number of carboxylic acids is 1. The molecule has 0 rings (SSSR count). The number of aliphatic carboxylic acids is 1. The summed E-state index contributed by atoms with van der Waals surface area (Å²) in [5.41, 5.74) is -1.59. The molecule has 0 aliphatic rings. The lowest BCUT2D eigenvalue weighted by Gasteiger charge is -2.31. The second kappa shape index (κ2) is 53.0. The van der Waals surface area contributed by atoms with Gasteiger partial charge in [0.05, 0.1) is 37.6 Å². The molecule has 0 aromatic carbocycles. The molecular formula is C58H115NO12. The van der Waals surface area contributed by atoms with Gasteiger partial charge in [0.25, 0.3) is 0 Å². The first-order valence-corrected chi connectivity index (χ1v) is 29.6. The maximum absolute atomic E-state index is 12.5. The van der Waals surface area contributed by atoms with Crippen LogP contribution in [-0.2, 0) is 19.1 Å². The Labute approximate surface area is 434 Å². The number of carboxylic acid groups (broad SMARTS) is 1. The number of hydrogen-bond acceptors (Lipinski definition) is 11. The van der Waals surface area contributed by atoms with Crippen LogP contribution in [0.25, 0.3) is 0 Å². The van der Waals surface area contributed by atoms with Crippen molar-refractivity contribution in [2.45, 2.75) is 333 Å². The molecule has 0 aromatic rings. The van der Waals surface area contributed by atoms with Gasteiger partial charge in [0.15, 0.2) is 6.10 Å². The summed E-state index contributed by atoms with van der Waals surface area (Å²) >= 11 is 0. The van der Waals surface area contributed by atoms with E-state index in [1.807, 2.05) is 0 Å².